The number of halogens is 1. The zero-order valence-corrected chi connectivity index (χ0v) is 15.8. The Morgan fingerprint density at radius 2 is 1.20 bits per heavy atom. The van der Waals surface area contributed by atoms with Crippen molar-refractivity contribution in [1.29, 1.82) is 0 Å². The van der Waals surface area contributed by atoms with Gasteiger partial charge >= 0.3 is 0 Å². The van der Waals surface area contributed by atoms with E-state index in [-0.39, 0.29) is 18.4 Å². The smallest absolute Gasteiger partial charge is 0.234 e. The molecule has 0 saturated carbocycles. The van der Waals surface area contributed by atoms with Crippen LogP contribution in [0.4, 0.5) is 0 Å². The van der Waals surface area contributed by atoms with Gasteiger partial charge in [0.15, 0.2) is 0 Å². The van der Waals surface area contributed by atoms with Gasteiger partial charge in [-0.15, -0.1) is 17.5 Å². The minimum Gasteiger partial charge on any atom is -0.367 e. The molecule has 0 amide bonds. The molecule has 0 aliphatic rings. The Hall–Kier alpha value is -2.66. The fourth-order valence-corrected chi connectivity index (χ4v) is 2.00. The first-order chi connectivity index (χ1) is 11.5. The van der Waals surface area contributed by atoms with Crippen molar-refractivity contribution in [1.82, 2.24) is 5.43 Å². The standard InChI is InChI=1S/C19H23N5.ClH/c1-13-5-9-17(10-6-13)15(3)21-23-19(20)24-22-16(4)18-11-7-14(2)8-12-18;/h5-12H,1-4H3,(H3,20,23,24);1H/b21-15+,22-16+;. The predicted octanol–water partition coefficient (Wildman–Crippen LogP) is 3.78. The topological polar surface area (TPSA) is 75.1 Å². The summed E-state index contributed by atoms with van der Waals surface area (Å²) >= 11 is 0. The van der Waals surface area contributed by atoms with E-state index >= 15 is 0 Å². The van der Waals surface area contributed by atoms with Crippen LogP contribution in [0, 0.1) is 13.8 Å². The van der Waals surface area contributed by atoms with Crippen LogP contribution in [0.3, 0.4) is 0 Å². The van der Waals surface area contributed by atoms with Crippen molar-refractivity contribution in [2.24, 2.45) is 21.0 Å². The van der Waals surface area contributed by atoms with Gasteiger partial charge in [0.2, 0.25) is 5.96 Å². The third kappa shape index (κ3) is 6.39. The first-order valence-electron chi connectivity index (χ1n) is 7.78. The molecule has 2 aromatic rings. The maximum absolute atomic E-state index is 5.80. The molecule has 0 heterocycles. The average molecular weight is 358 g/mol. The summed E-state index contributed by atoms with van der Waals surface area (Å²) in [5, 5.41) is 12.3. The fraction of sp³-hybridized carbons (Fsp3) is 0.211. The molecular formula is C19H24ClN5. The quantitative estimate of drug-likeness (QED) is 0.496. The molecule has 2 aromatic carbocycles. The summed E-state index contributed by atoms with van der Waals surface area (Å²) in [6.45, 7) is 7.90. The number of guanidine groups is 1. The Bertz CT molecular complexity index is 774. The van der Waals surface area contributed by atoms with Gasteiger partial charge < -0.3 is 5.73 Å². The maximum Gasteiger partial charge on any atom is 0.234 e. The van der Waals surface area contributed by atoms with Crippen molar-refractivity contribution in [3.8, 4) is 0 Å². The molecule has 0 aliphatic heterocycles. The lowest BCUT2D eigenvalue weighted by atomic mass is 10.1. The largest absolute Gasteiger partial charge is 0.367 e. The van der Waals surface area contributed by atoms with E-state index in [9.17, 15) is 0 Å². The number of rotatable bonds is 4. The van der Waals surface area contributed by atoms with Crippen LogP contribution in [0.5, 0.6) is 0 Å². The van der Waals surface area contributed by atoms with Crippen molar-refractivity contribution in [3.05, 3.63) is 70.8 Å². The average Bonchev–Trinajstić information content (AvgIpc) is 2.58. The third-order valence-corrected chi connectivity index (χ3v) is 3.58. The Kier molecular flexibility index (Phi) is 7.82. The molecule has 0 aromatic heterocycles. The van der Waals surface area contributed by atoms with Crippen LogP contribution in [0.25, 0.3) is 0 Å². The molecule has 0 bridgehead atoms. The van der Waals surface area contributed by atoms with E-state index in [1.165, 1.54) is 11.1 Å². The van der Waals surface area contributed by atoms with E-state index in [0.717, 1.165) is 22.6 Å². The second-order valence-electron chi connectivity index (χ2n) is 5.71. The number of hydrogen-bond donors (Lipinski definition) is 2. The first-order valence-corrected chi connectivity index (χ1v) is 7.78. The Morgan fingerprint density at radius 3 is 1.68 bits per heavy atom. The van der Waals surface area contributed by atoms with Crippen molar-refractivity contribution in [2.45, 2.75) is 27.7 Å². The van der Waals surface area contributed by atoms with E-state index in [1.54, 1.807) is 0 Å². The van der Waals surface area contributed by atoms with Gasteiger partial charge in [0, 0.05) is 0 Å². The lowest BCUT2D eigenvalue weighted by Gasteiger charge is -2.03. The van der Waals surface area contributed by atoms with Gasteiger partial charge in [-0.3, -0.25) is 0 Å². The number of hydrogen-bond acceptors (Lipinski definition) is 3. The zero-order chi connectivity index (χ0) is 17.5. The number of hydrazone groups is 1. The van der Waals surface area contributed by atoms with Gasteiger partial charge in [0.25, 0.3) is 0 Å². The summed E-state index contributed by atoms with van der Waals surface area (Å²) in [7, 11) is 0. The first kappa shape index (κ1) is 20.4. The number of nitrogens with one attached hydrogen (secondary N) is 1. The highest BCUT2D eigenvalue weighted by Crippen LogP contribution is 2.05. The Morgan fingerprint density at radius 1 is 0.760 bits per heavy atom. The van der Waals surface area contributed by atoms with Crippen molar-refractivity contribution in [3.63, 3.8) is 0 Å². The van der Waals surface area contributed by atoms with Crippen LogP contribution in [-0.4, -0.2) is 17.4 Å². The van der Waals surface area contributed by atoms with Crippen LogP contribution in [0.1, 0.15) is 36.1 Å². The molecule has 6 heteroatoms. The maximum atomic E-state index is 5.80. The highest BCUT2D eigenvalue weighted by atomic mass is 35.5. The number of nitrogens with zero attached hydrogens (tertiary/aromatic N) is 3. The second-order valence-corrected chi connectivity index (χ2v) is 5.71. The monoisotopic (exact) mass is 357 g/mol. The minimum absolute atomic E-state index is 0. The van der Waals surface area contributed by atoms with Gasteiger partial charge in [-0.1, -0.05) is 59.7 Å². The van der Waals surface area contributed by atoms with Crippen LogP contribution >= 0.6 is 12.4 Å². The molecule has 0 spiro atoms. The number of aryl methyl sites for hydroxylation is 2. The SMILES string of the molecule is C/C(=N\N=C(N)N/N=C(\C)c1ccc(C)cc1)c1ccc(C)cc1.Cl. The van der Waals surface area contributed by atoms with E-state index in [4.69, 9.17) is 5.73 Å². The summed E-state index contributed by atoms with van der Waals surface area (Å²) in [6.07, 6.45) is 0. The van der Waals surface area contributed by atoms with Gasteiger partial charge in [0.05, 0.1) is 11.4 Å². The fourth-order valence-electron chi connectivity index (χ4n) is 2.00. The third-order valence-electron chi connectivity index (χ3n) is 3.58. The normalized spacial score (nSPS) is 12.6. The Balaban J connectivity index is 0.00000312. The van der Waals surface area contributed by atoms with Gasteiger partial charge in [-0.2, -0.15) is 10.2 Å². The molecular weight excluding hydrogens is 334 g/mol. The summed E-state index contributed by atoms with van der Waals surface area (Å²) in [5.74, 6) is 0.146. The van der Waals surface area contributed by atoms with Gasteiger partial charge in [-0.25, -0.2) is 5.43 Å². The van der Waals surface area contributed by atoms with Crippen molar-refractivity contribution < 1.29 is 0 Å². The molecule has 0 saturated heterocycles. The molecule has 5 nitrogen and oxygen atoms in total. The van der Waals surface area contributed by atoms with Gasteiger partial charge in [-0.05, 0) is 38.8 Å². The molecule has 0 atom stereocenters. The van der Waals surface area contributed by atoms with E-state index in [2.05, 4.69) is 20.7 Å². The summed E-state index contributed by atoms with van der Waals surface area (Å²) in [6, 6.07) is 16.2. The van der Waals surface area contributed by atoms with Crippen LogP contribution in [0.15, 0.2) is 63.8 Å². The molecule has 3 N–H and O–H groups in total. The highest BCUT2D eigenvalue weighted by Gasteiger charge is 1.98. The lowest BCUT2D eigenvalue weighted by molar-refractivity contribution is 0.983. The van der Waals surface area contributed by atoms with E-state index < -0.39 is 0 Å². The van der Waals surface area contributed by atoms with Crippen molar-refractivity contribution >= 4 is 29.8 Å². The molecule has 132 valence electrons. The van der Waals surface area contributed by atoms with Gasteiger partial charge in [0.1, 0.15) is 0 Å². The van der Waals surface area contributed by atoms with E-state index in [0.29, 0.717) is 0 Å². The van der Waals surface area contributed by atoms with Crippen LogP contribution in [-0.2, 0) is 0 Å². The molecule has 25 heavy (non-hydrogen) atoms. The summed E-state index contributed by atoms with van der Waals surface area (Å²) in [4.78, 5) is 0. The second kappa shape index (κ2) is 9.59. The Labute approximate surface area is 155 Å². The molecule has 2 rings (SSSR count). The lowest BCUT2D eigenvalue weighted by Crippen LogP contribution is -2.27. The van der Waals surface area contributed by atoms with Crippen molar-refractivity contribution in [2.75, 3.05) is 0 Å². The zero-order valence-electron chi connectivity index (χ0n) is 14.9. The summed E-state index contributed by atoms with van der Waals surface area (Å²) in [5.41, 5.74) is 14.6. The van der Waals surface area contributed by atoms with Crippen LogP contribution in [0.2, 0.25) is 0 Å². The highest BCUT2D eigenvalue weighted by molar-refractivity contribution is 6.00. The molecule has 0 radical (unpaired) electrons. The van der Waals surface area contributed by atoms with Crippen LogP contribution < -0.4 is 11.2 Å². The minimum atomic E-state index is 0. The molecule has 0 fully saturated rings. The predicted molar refractivity (Wildman–Crippen MR) is 109 cm³/mol. The summed E-state index contributed by atoms with van der Waals surface area (Å²) < 4.78 is 0. The van der Waals surface area contributed by atoms with E-state index in [1.807, 2.05) is 76.2 Å². The number of nitrogens with two attached hydrogens (primary N) is 1. The number of benzene rings is 2. The molecule has 0 unspecified atom stereocenters. The molecule has 0 aliphatic carbocycles.